The second kappa shape index (κ2) is 5.27. The second-order valence-corrected chi connectivity index (χ2v) is 7.81. The summed E-state index contributed by atoms with van der Waals surface area (Å²) in [5, 5.41) is 9.61. The summed E-state index contributed by atoms with van der Waals surface area (Å²) < 4.78 is 0. The minimum absolute atomic E-state index is 0.00666. The molecule has 21 heavy (non-hydrogen) atoms. The maximum absolute atomic E-state index is 12.2. The van der Waals surface area contributed by atoms with E-state index in [-0.39, 0.29) is 12.1 Å². The van der Waals surface area contributed by atoms with Crippen LogP contribution in [0.25, 0.3) is 0 Å². The van der Waals surface area contributed by atoms with E-state index in [1.54, 1.807) is 11.3 Å². The molecule has 0 spiro atoms. The first-order valence-electron chi connectivity index (χ1n) is 8.23. The SMILES string of the molecule is C[C@H](NC(=O)NC(C1CC1)C1CC1)c1csc(C2CC2)n1. The van der Waals surface area contributed by atoms with Crippen molar-refractivity contribution in [3.05, 3.63) is 16.1 Å². The van der Waals surface area contributed by atoms with Gasteiger partial charge in [-0.25, -0.2) is 9.78 Å². The number of nitrogens with zero attached hydrogens (tertiary/aromatic N) is 1. The van der Waals surface area contributed by atoms with Crippen LogP contribution in [0.15, 0.2) is 5.38 Å². The molecule has 3 aliphatic rings. The number of carbonyl (C=O) groups is 1. The van der Waals surface area contributed by atoms with Crippen LogP contribution in [0.1, 0.15) is 68.1 Å². The molecule has 1 aromatic heterocycles. The van der Waals surface area contributed by atoms with Crippen molar-refractivity contribution >= 4 is 17.4 Å². The van der Waals surface area contributed by atoms with Gasteiger partial charge in [0.1, 0.15) is 0 Å². The van der Waals surface area contributed by atoms with E-state index >= 15 is 0 Å². The van der Waals surface area contributed by atoms with Crippen molar-refractivity contribution < 1.29 is 4.79 Å². The number of hydrogen-bond donors (Lipinski definition) is 2. The van der Waals surface area contributed by atoms with Gasteiger partial charge in [-0.3, -0.25) is 0 Å². The van der Waals surface area contributed by atoms with Gasteiger partial charge in [-0.05, 0) is 57.3 Å². The maximum atomic E-state index is 12.2. The fourth-order valence-corrected chi connectivity index (χ4v) is 4.10. The standard InChI is InChI=1S/C16H23N3OS/c1-9(13-8-21-15(18-13)12-6-7-12)17-16(20)19-14(10-2-3-10)11-4-5-11/h8-12,14H,2-7H2,1H3,(H2,17,19,20)/t9-/m0/s1. The monoisotopic (exact) mass is 305 g/mol. The molecule has 3 fully saturated rings. The van der Waals surface area contributed by atoms with Crippen molar-refractivity contribution in [2.75, 3.05) is 0 Å². The molecule has 0 unspecified atom stereocenters. The third-order valence-corrected chi connectivity index (χ3v) is 5.84. The zero-order valence-electron chi connectivity index (χ0n) is 12.5. The molecule has 4 nitrogen and oxygen atoms in total. The van der Waals surface area contributed by atoms with Crippen molar-refractivity contribution in [1.29, 1.82) is 0 Å². The van der Waals surface area contributed by atoms with E-state index in [4.69, 9.17) is 0 Å². The van der Waals surface area contributed by atoms with Gasteiger partial charge in [0.25, 0.3) is 0 Å². The van der Waals surface area contributed by atoms with Gasteiger partial charge in [-0.1, -0.05) is 0 Å². The van der Waals surface area contributed by atoms with Gasteiger partial charge in [0.15, 0.2) is 0 Å². The lowest BCUT2D eigenvalue weighted by atomic mass is 10.1. The number of carbonyl (C=O) groups excluding carboxylic acids is 1. The van der Waals surface area contributed by atoms with E-state index < -0.39 is 0 Å². The molecule has 3 saturated carbocycles. The van der Waals surface area contributed by atoms with Crippen molar-refractivity contribution in [3.8, 4) is 0 Å². The largest absolute Gasteiger partial charge is 0.335 e. The van der Waals surface area contributed by atoms with Crippen LogP contribution in [0.3, 0.4) is 0 Å². The molecule has 0 saturated heterocycles. The number of rotatable bonds is 6. The van der Waals surface area contributed by atoms with Gasteiger partial charge in [0, 0.05) is 17.3 Å². The lowest BCUT2D eigenvalue weighted by molar-refractivity contribution is 0.230. The molecule has 0 bridgehead atoms. The zero-order valence-corrected chi connectivity index (χ0v) is 13.3. The minimum Gasteiger partial charge on any atom is -0.335 e. The first kappa shape index (κ1) is 13.6. The fourth-order valence-electron chi connectivity index (χ4n) is 3.01. The van der Waals surface area contributed by atoms with Crippen LogP contribution in [-0.4, -0.2) is 17.1 Å². The first-order valence-corrected chi connectivity index (χ1v) is 9.11. The molecular weight excluding hydrogens is 282 g/mol. The van der Waals surface area contributed by atoms with E-state index in [0.29, 0.717) is 12.0 Å². The van der Waals surface area contributed by atoms with Crippen molar-refractivity contribution in [1.82, 2.24) is 15.6 Å². The quantitative estimate of drug-likeness (QED) is 0.844. The third kappa shape index (κ3) is 3.23. The predicted octanol–water partition coefficient (Wildman–Crippen LogP) is 3.57. The zero-order chi connectivity index (χ0) is 14.4. The summed E-state index contributed by atoms with van der Waals surface area (Å²) in [6, 6.07) is 0.384. The molecular formula is C16H23N3OS. The van der Waals surface area contributed by atoms with Gasteiger partial charge >= 0.3 is 6.03 Å². The lowest BCUT2D eigenvalue weighted by Gasteiger charge is -2.20. The molecule has 1 heterocycles. The van der Waals surface area contributed by atoms with Crippen molar-refractivity contribution in [3.63, 3.8) is 0 Å². The van der Waals surface area contributed by atoms with Crippen LogP contribution in [0, 0.1) is 11.8 Å². The fraction of sp³-hybridized carbons (Fsp3) is 0.750. The van der Waals surface area contributed by atoms with E-state index in [1.807, 2.05) is 6.92 Å². The topological polar surface area (TPSA) is 54.0 Å². The Balaban J connectivity index is 1.32. The second-order valence-electron chi connectivity index (χ2n) is 6.93. The van der Waals surface area contributed by atoms with E-state index in [9.17, 15) is 4.79 Å². The Kier molecular flexibility index (Phi) is 3.40. The Morgan fingerprint density at radius 3 is 2.43 bits per heavy atom. The van der Waals surface area contributed by atoms with Crippen LogP contribution in [0.2, 0.25) is 0 Å². The molecule has 5 heteroatoms. The van der Waals surface area contributed by atoms with Gasteiger partial charge < -0.3 is 10.6 Å². The highest BCUT2D eigenvalue weighted by atomic mass is 32.1. The Hall–Kier alpha value is -1.10. The molecule has 3 aliphatic carbocycles. The highest BCUT2D eigenvalue weighted by Crippen LogP contribution is 2.44. The van der Waals surface area contributed by atoms with Crippen LogP contribution >= 0.6 is 11.3 Å². The molecule has 1 aromatic rings. The molecule has 114 valence electrons. The van der Waals surface area contributed by atoms with Crippen LogP contribution in [0.4, 0.5) is 4.79 Å². The third-order valence-electron chi connectivity index (χ3n) is 4.82. The Morgan fingerprint density at radius 2 is 1.86 bits per heavy atom. The lowest BCUT2D eigenvalue weighted by Crippen LogP contribution is -2.45. The summed E-state index contributed by atoms with van der Waals surface area (Å²) in [6.07, 6.45) is 7.70. The van der Waals surface area contributed by atoms with Crippen LogP contribution < -0.4 is 10.6 Å². The highest BCUT2D eigenvalue weighted by molar-refractivity contribution is 7.09. The Bertz CT molecular complexity index is 519. The van der Waals surface area contributed by atoms with Gasteiger partial charge in [0.2, 0.25) is 0 Å². The number of urea groups is 1. The Labute approximate surface area is 129 Å². The number of aromatic nitrogens is 1. The summed E-state index contributed by atoms with van der Waals surface area (Å²) >= 11 is 1.74. The van der Waals surface area contributed by atoms with E-state index in [0.717, 1.165) is 17.5 Å². The smallest absolute Gasteiger partial charge is 0.315 e. The molecule has 0 aliphatic heterocycles. The van der Waals surface area contributed by atoms with Gasteiger partial charge in [-0.2, -0.15) is 0 Å². The molecule has 0 aromatic carbocycles. The highest BCUT2D eigenvalue weighted by Gasteiger charge is 2.42. The minimum atomic E-state index is -0.0210. The number of hydrogen-bond acceptors (Lipinski definition) is 3. The average Bonchev–Trinajstić information content (AvgIpc) is 3.33. The Morgan fingerprint density at radius 1 is 1.19 bits per heavy atom. The molecule has 0 radical (unpaired) electrons. The average molecular weight is 305 g/mol. The normalized spacial score (nSPS) is 23.1. The summed E-state index contributed by atoms with van der Waals surface area (Å²) in [4.78, 5) is 16.9. The van der Waals surface area contributed by atoms with E-state index in [2.05, 4.69) is 21.0 Å². The van der Waals surface area contributed by atoms with Crippen LogP contribution in [0.5, 0.6) is 0 Å². The van der Waals surface area contributed by atoms with Crippen LogP contribution in [-0.2, 0) is 0 Å². The van der Waals surface area contributed by atoms with E-state index in [1.165, 1.54) is 43.5 Å². The summed E-state index contributed by atoms with van der Waals surface area (Å²) in [6.45, 7) is 2.02. The summed E-state index contributed by atoms with van der Waals surface area (Å²) in [7, 11) is 0. The number of thiazole rings is 1. The first-order chi connectivity index (χ1) is 10.2. The number of amides is 2. The molecule has 1 atom stereocenters. The van der Waals surface area contributed by atoms with Gasteiger partial charge in [-0.15, -0.1) is 11.3 Å². The summed E-state index contributed by atoms with van der Waals surface area (Å²) in [5.74, 6) is 2.16. The van der Waals surface area contributed by atoms with Crippen molar-refractivity contribution in [2.24, 2.45) is 11.8 Å². The molecule has 2 amide bonds. The molecule has 4 rings (SSSR count). The maximum Gasteiger partial charge on any atom is 0.315 e. The van der Waals surface area contributed by atoms with Gasteiger partial charge in [0.05, 0.1) is 16.7 Å². The van der Waals surface area contributed by atoms with Crippen molar-refractivity contribution in [2.45, 2.75) is 63.5 Å². The number of nitrogens with one attached hydrogen (secondary N) is 2. The molecule has 2 N–H and O–H groups in total. The predicted molar refractivity (Wildman–Crippen MR) is 83.4 cm³/mol. The summed E-state index contributed by atoms with van der Waals surface area (Å²) in [5.41, 5.74) is 1.01.